The highest BCUT2D eigenvalue weighted by Gasteiger charge is 2.27. The molecule has 0 aliphatic heterocycles. The maximum Gasteiger partial charge on any atom is 0.324 e. The molecule has 0 heterocycles. The third kappa shape index (κ3) is 5.16. The molecule has 2 atom stereocenters. The van der Waals surface area contributed by atoms with Crippen LogP contribution < -0.4 is 5.73 Å². The predicted molar refractivity (Wildman–Crippen MR) is 57.0 cm³/mol. The van der Waals surface area contributed by atoms with E-state index in [0.29, 0.717) is 11.7 Å². The molecule has 78 valence electrons. The van der Waals surface area contributed by atoms with Gasteiger partial charge in [-0.25, -0.2) is 0 Å². The molecule has 3 nitrogen and oxygen atoms in total. The molecule has 0 amide bonds. The molecule has 3 N–H and O–H groups in total. The molecule has 0 aromatic carbocycles. The molecular formula is C9H19NO2S. The summed E-state index contributed by atoms with van der Waals surface area (Å²) in [6.45, 7) is 5.84. The molecular weight excluding hydrogens is 186 g/mol. The van der Waals surface area contributed by atoms with Crippen molar-refractivity contribution < 1.29 is 9.90 Å². The summed E-state index contributed by atoms with van der Waals surface area (Å²) in [4.78, 5) is 10.6. The van der Waals surface area contributed by atoms with Gasteiger partial charge in [-0.15, -0.1) is 0 Å². The summed E-state index contributed by atoms with van der Waals surface area (Å²) in [6, 6.07) is 0. The van der Waals surface area contributed by atoms with Crippen LogP contribution in [0.4, 0.5) is 0 Å². The Hall–Kier alpha value is -0.220. The summed E-state index contributed by atoms with van der Waals surface area (Å²) in [5, 5.41) is 8.73. The summed E-state index contributed by atoms with van der Waals surface area (Å²) < 4.78 is 0. The topological polar surface area (TPSA) is 63.3 Å². The second-order valence-corrected chi connectivity index (χ2v) is 4.78. The Morgan fingerprint density at radius 2 is 2.23 bits per heavy atom. The van der Waals surface area contributed by atoms with Crippen LogP contribution >= 0.6 is 11.8 Å². The van der Waals surface area contributed by atoms with Crippen LogP contribution in [0.1, 0.15) is 27.2 Å². The lowest BCUT2D eigenvalue weighted by Crippen LogP contribution is -2.47. The van der Waals surface area contributed by atoms with E-state index in [1.54, 1.807) is 18.7 Å². The Labute approximate surface area is 84.1 Å². The number of carbonyl (C=O) groups is 1. The zero-order chi connectivity index (χ0) is 10.5. The minimum Gasteiger partial charge on any atom is -0.480 e. The van der Waals surface area contributed by atoms with Crippen LogP contribution in [0.15, 0.2) is 0 Å². The summed E-state index contributed by atoms with van der Waals surface area (Å²) in [7, 11) is 0. The fraction of sp³-hybridized carbons (Fsp3) is 0.889. The predicted octanol–water partition coefficient (Wildman–Crippen LogP) is 1.57. The SMILES string of the molecule is CCC(C)CSCC(C)(N)C(=O)O. The van der Waals surface area contributed by atoms with Gasteiger partial charge >= 0.3 is 5.97 Å². The Balaban J connectivity index is 3.70. The zero-order valence-corrected chi connectivity index (χ0v) is 9.36. The highest BCUT2D eigenvalue weighted by atomic mass is 32.2. The molecule has 4 heteroatoms. The van der Waals surface area contributed by atoms with Gasteiger partial charge in [0.15, 0.2) is 0 Å². The standard InChI is InChI=1S/C9H19NO2S/c1-4-7(2)5-13-6-9(3,10)8(11)12/h7H,4-6,10H2,1-3H3,(H,11,12). The Bertz CT molecular complexity index is 171. The summed E-state index contributed by atoms with van der Waals surface area (Å²) >= 11 is 1.62. The van der Waals surface area contributed by atoms with E-state index < -0.39 is 11.5 Å². The van der Waals surface area contributed by atoms with Crippen LogP contribution in [-0.2, 0) is 4.79 Å². The van der Waals surface area contributed by atoms with Crippen molar-refractivity contribution in [3.05, 3.63) is 0 Å². The van der Waals surface area contributed by atoms with E-state index in [1.165, 1.54) is 0 Å². The Morgan fingerprint density at radius 1 is 1.69 bits per heavy atom. The van der Waals surface area contributed by atoms with Gasteiger partial charge in [-0.3, -0.25) is 4.79 Å². The number of carboxylic acid groups (broad SMARTS) is 1. The maximum absolute atomic E-state index is 10.6. The number of thioether (sulfide) groups is 1. The van der Waals surface area contributed by atoms with Crippen LogP contribution in [0.3, 0.4) is 0 Å². The van der Waals surface area contributed by atoms with E-state index in [0.717, 1.165) is 12.2 Å². The number of hydrogen-bond acceptors (Lipinski definition) is 3. The molecule has 0 aromatic heterocycles. The molecule has 0 radical (unpaired) electrons. The van der Waals surface area contributed by atoms with Crippen LogP contribution in [0.2, 0.25) is 0 Å². The monoisotopic (exact) mass is 205 g/mol. The van der Waals surface area contributed by atoms with Crippen LogP contribution in [0, 0.1) is 5.92 Å². The number of carboxylic acids is 1. The average Bonchev–Trinajstić information content (AvgIpc) is 2.03. The van der Waals surface area contributed by atoms with Crippen molar-refractivity contribution in [2.24, 2.45) is 11.7 Å². The molecule has 0 rings (SSSR count). The van der Waals surface area contributed by atoms with E-state index in [-0.39, 0.29) is 0 Å². The fourth-order valence-electron chi connectivity index (χ4n) is 0.652. The molecule has 0 spiro atoms. The van der Waals surface area contributed by atoms with Crippen molar-refractivity contribution in [1.82, 2.24) is 0 Å². The second kappa shape index (κ2) is 5.50. The van der Waals surface area contributed by atoms with Crippen molar-refractivity contribution in [1.29, 1.82) is 0 Å². The van der Waals surface area contributed by atoms with Crippen LogP contribution in [-0.4, -0.2) is 28.1 Å². The van der Waals surface area contributed by atoms with Gasteiger partial charge in [-0.1, -0.05) is 20.3 Å². The quantitative estimate of drug-likeness (QED) is 0.691. The van der Waals surface area contributed by atoms with E-state index >= 15 is 0 Å². The zero-order valence-electron chi connectivity index (χ0n) is 8.54. The minimum absolute atomic E-state index is 0.479. The lowest BCUT2D eigenvalue weighted by atomic mass is 10.1. The van der Waals surface area contributed by atoms with E-state index in [1.807, 2.05) is 0 Å². The number of aliphatic carboxylic acids is 1. The first kappa shape index (κ1) is 12.8. The first-order valence-corrected chi connectivity index (χ1v) is 5.65. The first-order valence-electron chi connectivity index (χ1n) is 4.50. The smallest absolute Gasteiger partial charge is 0.324 e. The van der Waals surface area contributed by atoms with E-state index in [2.05, 4.69) is 13.8 Å². The Morgan fingerprint density at radius 3 is 2.62 bits per heavy atom. The van der Waals surface area contributed by atoms with Gasteiger partial charge in [0.05, 0.1) is 0 Å². The molecule has 0 fully saturated rings. The lowest BCUT2D eigenvalue weighted by Gasteiger charge is -2.19. The van der Waals surface area contributed by atoms with Crippen LogP contribution in [0.5, 0.6) is 0 Å². The summed E-state index contributed by atoms with van der Waals surface area (Å²) in [5.41, 5.74) is 4.48. The Kier molecular flexibility index (Phi) is 5.40. The van der Waals surface area contributed by atoms with Crippen LogP contribution in [0.25, 0.3) is 0 Å². The number of hydrogen-bond donors (Lipinski definition) is 2. The largest absolute Gasteiger partial charge is 0.480 e. The normalized spacial score (nSPS) is 17.8. The lowest BCUT2D eigenvalue weighted by molar-refractivity contribution is -0.141. The van der Waals surface area contributed by atoms with Gasteiger partial charge in [0.2, 0.25) is 0 Å². The van der Waals surface area contributed by atoms with Gasteiger partial charge in [0.1, 0.15) is 5.54 Å². The van der Waals surface area contributed by atoms with Crippen molar-refractivity contribution in [3.63, 3.8) is 0 Å². The van der Waals surface area contributed by atoms with Crippen molar-refractivity contribution in [2.45, 2.75) is 32.7 Å². The third-order valence-corrected chi connectivity index (χ3v) is 3.60. The van der Waals surface area contributed by atoms with Gasteiger partial charge in [-0.05, 0) is 18.6 Å². The van der Waals surface area contributed by atoms with Crippen molar-refractivity contribution in [2.75, 3.05) is 11.5 Å². The molecule has 0 aromatic rings. The fourth-order valence-corrected chi connectivity index (χ4v) is 1.96. The third-order valence-electron chi connectivity index (χ3n) is 1.99. The molecule has 13 heavy (non-hydrogen) atoms. The second-order valence-electron chi connectivity index (χ2n) is 3.75. The maximum atomic E-state index is 10.6. The van der Waals surface area contributed by atoms with E-state index in [4.69, 9.17) is 10.8 Å². The molecule has 0 bridgehead atoms. The molecule has 2 unspecified atom stereocenters. The minimum atomic E-state index is -1.09. The van der Waals surface area contributed by atoms with Crippen molar-refractivity contribution >= 4 is 17.7 Å². The van der Waals surface area contributed by atoms with Gasteiger partial charge < -0.3 is 10.8 Å². The molecule has 0 saturated carbocycles. The molecule has 0 saturated heterocycles. The molecule has 0 aliphatic carbocycles. The summed E-state index contributed by atoms with van der Waals surface area (Å²) in [5.74, 6) is 1.17. The van der Waals surface area contributed by atoms with E-state index in [9.17, 15) is 4.79 Å². The highest BCUT2D eigenvalue weighted by Crippen LogP contribution is 2.15. The van der Waals surface area contributed by atoms with Gasteiger partial charge in [-0.2, -0.15) is 11.8 Å². The first-order chi connectivity index (χ1) is 5.90. The summed E-state index contributed by atoms with van der Waals surface area (Å²) in [6.07, 6.45) is 1.13. The number of rotatable bonds is 6. The van der Waals surface area contributed by atoms with Crippen molar-refractivity contribution in [3.8, 4) is 0 Å². The molecule has 0 aliphatic rings. The number of nitrogens with two attached hydrogens (primary N) is 1. The van der Waals surface area contributed by atoms with Gasteiger partial charge in [0, 0.05) is 5.75 Å². The van der Waals surface area contributed by atoms with Gasteiger partial charge in [0.25, 0.3) is 0 Å². The highest BCUT2D eigenvalue weighted by molar-refractivity contribution is 7.99. The average molecular weight is 205 g/mol.